The van der Waals surface area contributed by atoms with Crippen molar-refractivity contribution in [2.75, 3.05) is 6.54 Å². The number of nitrogens with two attached hydrogens (primary N) is 1. The molecule has 1 saturated carbocycles. The molecule has 1 amide bonds. The van der Waals surface area contributed by atoms with Crippen LogP contribution >= 0.6 is 23.7 Å². The summed E-state index contributed by atoms with van der Waals surface area (Å²) in [5.74, 6) is 0.255. The first kappa shape index (κ1) is 15.8. The average Bonchev–Trinajstić information content (AvgIpc) is 3.06. The van der Waals surface area contributed by atoms with Crippen LogP contribution in [0.25, 0.3) is 0 Å². The van der Waals surface area contributed by atoms with Gasteiger partial charge >= 0.3 is 0 Å². The molecule has 112 valence electrons. The maximum atomic E-state index is 12.6. The van der Waals surface area contributed by atoms with Crippen molar-refractivity contribution in [3.63, 3.8) is 0 Å². The highest BCUT2D eigenvalue weighted by atomic mass is 35.5. The Morgan fingerprint density at radius 1 is 1.40 bits per heavy atom. The Kier molecular flexibility index (Phi) is 5.10. The Bertz CT molecular complexity index is 468. The van der Waals surface area contributed by atoms with Gasteiger partial charge in [0.15, 0.2) is 0 Å². The first-order valence-electron chi connectivity index (χ1n) is 7.32. The Balaban J connectivity index is 0.00000147. The van der Waals surface area contributed by atoms with Gasteiger partial charge in [0, 0.05) is 11.4 Å². The predicted molar refractivity (Wildman–Crippen MR) is 85.6 cm³/mol. The number of thiophene rings is 1. The van der Waals surface area contributed by atoms with E-state index in [1.165, 1.54) is 23.3 Å². The maximum Gasteiger partial charge on any atom is 0.228 e. The summed E-state index contributed by atoms with van der Waals surface area (Å²) in [5.41, 5.74) is 7.05. The number of hydrogen-bond donors (Lipinski definition) is 2. The summed E-state index contributed by atoms with van der Waals surface area (Å²) in [7, 11) is 0. The first-order chi connectivity index (χ1) is 9.24. The van der Waals surface area contributed by atoms with Crippen LogP contribution in [0.2, 0.25) is 0 Å². The fourth-order valence-electron chi connectivity index (χ4n) is 3.54. The standard InChI is InChI=1S/C15H22N2OS.ClH/c16-10-15(7-1-2-8-15)17-14(18)12-4-3-5-13-11(12)6-9-19-13;/h6,9,12H,1-5,7-8,10,16H2,(H,17,18);1H. The van der Waals surface area contributed by atoms with Gasteiger partial charge in [-0.1, -0.05) is 12.8 Å². The van der Waals surface area contributed by atoms with E-state index >= 15 is 0 Å². The number of fused-ring (bicyclic) bond motifs is 1. The third-order valence-electron chi connectivity index (χ3n) is 4.71. The van der Waals surface area contributed by atoms with Crippen LogP contribution in [0.3, 0.4) is 0 Å². The number of aryl methyl sites for hydroxylation is 1. The molecule has 0 radical (unpaired) electrons. The van der Waals surface area contributed by atoms with E-state index in [9.17, 15) is 4.79 Å². The van der Waals surface area contributed by atoms with Crippen molar-refractivity contribution in [1.82, 2.24) is 5.32 Å². The average molecular weight is 315 g/mol. The third-order valence-corrected chi connectivity index (χ3v) is 5.70. The summed E-state index contributed by atoms with van der Waals surface area (Å²) < 4.78 is 0. The van der Waals surface area contributed by atoms with Crippen molar-refractivity contribution in [2.24, 2.45) is 5.73 Å². The van der Waals surface area contributed by atoms with Gasteiger partial charge in [-0.15, -0.1) is 23.7 Å². The van der Waals surface area contributed by atoms with Crippen LogP contribution in [0, 0.1) is 0 Å². The number of carbonyl (C=O) groups is 1. The minimum absolute atomic E-state index is 0. The van der Waals surface area contributed by atoms with Gasteiger partial charge in [-0.3, -0.25) is 4.79 Å². The second kappa shape index (κ2) is 6.46. The molecule has 1 aromatic heterocycles. The number of carbonyl (C=O) groups excluding carboxylic acids is 1. The minimum atomic E-state index is -0.120. The van der Waals surface area contributed by atoms with Crippen molar-refractivity contribution in [3.8, 4) is 0 Å². The lowest BCUT2D eigenvalue weighted by Crippen LogP contribution is -2.53. The molecular formula is C15H23ClN2OS. The molecule has 1 aromatic rings. The molecule has 1 unspecified atom stereocenters. The first-order valence-corrected chi connectivity index (χ1v) is 8.20. The van der Waals surface area contributed by atoms with Gasteiger partial charge in [-0.05, 0) is 49.1 Å². The molecule has 2 aliphatic rings. The number of amides is 1. The van der Waals surface area contributed by atoms with E-state index in [2.05, 4.69) is 16.8 Å². The van der Waals surface area contributed by atoms with E-state index < -0.39 is 0 Å². The number of halogens is 1. The molecule has 3 N–H and O–H groups in total. The molecular weight excluding hydrogens is 292 g/mol. The molecule has 0 bridgehead atoms. The van der Waals surface area contributed by atoms with Gasteiger partial charge < -0.3 is 11.1 Å². The van der Waals surface area contributed by atoms with Crippen LogP contribution < -0.4 is 11.1 Å². The van der Waals surface area contributed by atoms with Crippen LogP contribution in [-0.4, -0.2) is 18.0 Å². The summed E-state index contributed by atoms with van der Waals surface area (Å²) >= 11 is 1.79. The lowest BCUT2D eigenvalue weighted by molar-refractivity contribution is -0.124. The van der Waals surface area contributed by atoms with E-state index in [-0.39, 0.29) is 29.8 Å². The highest BCUT2D eigenvalue weighted by Crippen LogP contribution is 2.36. The number of hydrogen-bond acceptors (Lipinski definition) is 3. The molecule has 3 nitrogen and oxygen atoms in total. The molecule has 0 aromatic carbocycles. The maximum absolute atomic E-state index is 12.6. The van der Waals surface area contributed by atoms with Crippen molar-refractivity contribution >= 4 is 29.7 Å². The number of nitrogens with one attached hydrogen (secondary N) is 1. The molecule has 1 fully saturated rings. The monoisotopic (exact) mass is 314 g/mol. The lowest BCUT2D eigenvalue weighted by Gasteiger charge is -2.32. The van der Waals surface area contributed by atoms with E-state index in [1.807, 2.05) is 0 Å². The zero-order valence-electron chi connectivity index (χ0n) is 11.7. The summed E-state index contributed by atoms with van der Waals surface area (Å²) in [6.07, 6.45) is 7.70. The predicted octanol–water partition coefficient (Wildman–Crippen LogP) is 2.98. The molecule has 5 heteroatoms. The SMILES string of the molecule is Cl.NCC1(NC(=O)C2CCCc3sccc32)CCCC1. The van der Waals surface area contributed by atoms with Gasteiger partial charge in [-0.2, -0.15) is 0 Å². The van der Waals surface area contributed by atoms with Gasteiger partial charge in [-0.25, -0.2) is 0 Å². The fraction of sp³-hybridized carbons (Fsp3) is 0.667. The molecule has 0 spiro atoms. The molecule has 1 heterocycles. The van der Waals surface area contributed by atoms with Crippen LogP contribution in [0.15, 0.2) is 11.4 Å². The Morgan fingerprint density at radius 3 is 2.85 bits per heavy atom. The molecule has 3 rings (SSSR count). The topological polar surface area (TPSA) is 55.1 Å². The second-order valence-electron chi connectivity index (χ2n) is 5.92. The van der Waals surface area contributed by atoms with Crippen molar-refractivity contribution in [2.45, 2.75) is 56.4 Å². The van der Waals surface area contributed by atoms with Gasteiger partial charge in [0.25, 0.3) is 0 Å². The van der Waals surface area contributed by atoms with Crippen molar-refractivity contribution in [1.29, 1.82) is 0 Å². The van der Waals surface area contributed by atoms with Gasteiger partial charge in [0.05, 0.1) is 11.5 Å². The van der Waals surface area contributed by atoms with E-state index in [0.717, 1.165) is 32.1 Å². The highest BCUT2D eigenvalue weighted by molar-refractivity contribution is 7.10. The molecule has 20 heavy (non-hydrogen) atoms. The van der Waals surface area contributed by atoms with Crippen molar-refractivity contribution < 1.29 is 4.79 Å². The second-order valence-corrected chi connectivity index (χ2v) is 6.93. The zero-order valence-corrected chi connectivity index (χ0v) is 13.3. The molecule has 2 aliphatic carbocycles. The van der Waals surface area contributed by atoms with Crippen LogP contribution in [-0.2, 0) is 11.2 Å². The van der Waals surface area contributed by atoms with Gasteiger partial charge in [0.1, 0.15) is 0 Å². The summed E-state index contributed by atoms with van der Waals surface area (Å²) in [4.78, 5) is 14.0. The van der Waals surface area contributed by atoms with E-state index in [4.69, 9.17) is 5.73 Å². The molecule has 0 saturated heterocycles. The highest BCUT2D eigenvalue weighted by Gasteiger charge is 2.37. The largest absolute Gasteiger partial charge is 0.349 e. The molecule has 0 aliphatic heterocycles. The summed E-state index contributed by atoms with van der Waals surface area (Å²) in [6.45, 7) is 0.571. The van der Waals surface area contributed by atoms with E-state index in [0.29, 0.717) is 6.54 Å². The fourth-order valence-corrected chi connectivity index (χ4v) is 4.53. The normalized spacial score (nSPS) is 23.8. The Hall–Kier alpha value is -0.580. The van der Waals surface area contributed by atoms with Crippen LogP contribution in [0.5, 0.6) is 0 Å². The van der Waals surface area contributed by atoms with Crippen LogP contribution in [0.4, 0.5) is 0 Å². The van der Waals surface area contributed by atoms with E-state index in [1.54, 1.807) is 11.3 Å². The Labute approximate surface area is 130 Å². The lowest BCUT2D eigenvalue weighted by atomic mass is 9.86. The third kappa shape index (κ3) is 2.87. The van der Waals surface area contributed by atoms with Crippen molar-refractivity contribution in [3.05, 3.63) is 21.9 Å². The molecule has 1 atom stereocenters. The van der Waals surface area contributed by atoms with Crippen LogP contribution in [0.1, 0.15) is 54.9 Å². The van der Waals surface area contributed by atoms with Gasteiger partial charge in [0.2, 0.25) is 5.91 Å². The zero-order chi connectivity index (χ0) is 13.3. The Morgan fingerprint density at radius 2 is 2.15 bits per heavy atom. The summed E-state index contributed by atoms with van der Waals surface area (Å²) in [5, 5.41) is 5.40. The smallest absolute Gasteiger partial charge is 0.228 e. The quantitative estimate of drug-likeness (QED) is 0.901. The minimum Gasteiger partial charge on any atom is -0.349 e. The summed E-state index contributed by atoms with van der Waals surface area (Å²) in [6, 6.07) is 2.13. The number of rotatable bonds is 3.